The van der Waals surface area contributed by atoms with E-state index in [1.54, 1.807) is 9.58 Å². The van der Waals surface area contributed by atoms with Gasteiger partial charge in [-0.05, 0) is 43.5 Å². The summed E-state index contributed by atoms with van der Waals surface area (Å²) in [4.78, 5) is 28.0. The van der Waals surface area contributed by atoms with E-state index in [1.807, 2.05) is 98.8 Å². The number of nitrogens with one attached hydrogen (secondary N) is 2. The first kappa shape index (κ1) is 26.7. The molecule has 1 heterocycles. The topological polar surface area (TPSA) is 79.3 Å². The van der Waals surface area contributed by atoms with E-state index >= 15 is 0 Å². The van der Waals surface area contributed by atoms with Gasteiger partial charge in [-0.1, -0.05) is 91.7 Å². The molecule has 1 aromatic heterocycles. The first-order valence-corrected chi connectivity index (χ1v) is 13.0. The highest BCUT2D eigenvalue weighted by Gasteiger charge is 2.22. The fourth-order valence-corrected chi connectivity index (χ4v) is 4.30. The fourth-order valence-electron chi connectivity index (χ4n) is 4.30. The second-order valence-corrected chi connectivity index (χ2v) is 9.39. The third-order valence-electron chi connectivity index (χ3n) is 6.35. The maximum atomic E-state index is 13.4. The monoisotopic (exact) mass is 509 g/mol. The van der Waals surface area contributed by atoms with Crippen molar-refractivity contribution in [1.29, 1.82) is 0 Å². The summed E-state index contributed by atoms with van der Waals surface area (Å²) in [6.45, 7) is 6.87. The Morgan fingerprint density at radius 1 is 0.895 bits per heavy atom. The number of urea groups is 1. The van der Waals surface area contributed by atoms with Crippen molar-refractivity contribution < 1.29 is 9.59 Å². The molecular formula is C31H35N5O2. The SMILES string of the molecule is CCCCN(CC(=O)Nc1c(-c2ccccc2)c(C)nn1-c1ccc(C)cc1)C(=O)NCc1ccccc1. The van der Waals surface area contributed by atoms with Crippen molar-refractivity contribution in [2.45, 2.75) is 40.2 Å². The zero-order chi connectivity index (χ0) is 26.9. The number of amides is 3. The maximum absolute atomic E-state index is 13.4. The summed E-state index contributed by atoms with van der Waals surface area (Å²) >= 11 is 0. The summed E-state index contributed by atoms with van der Waals surface area (Å²) < 4.78 is 1.76. The number of nitrogens with zero attached hydrogens (tertiary/aromatic N) is 3. The fraction of sp³-hybridized carbons (Fsp3) is 0.258. The van der Waals surface area contributed by atoms with Crippen LogP contribution in [0.4, 0.5) is 10.6 Å². The minimum Gasteiger partial charge on any atom is -0.334 e. The van der Waals surface area contributed by atoms with Crippen molar-refractivity contribution >= 4 is 17.8 Å². The Morgan fingerprint density at radius 3 is 2.21 bits per heavy atom. The van der Waals surface area contributed by atoms with Gasteiger partial charge >= 0.3 is 6.03 Å². The quantitative estimate of drug-likeness (QED) is 0.271. The lowest BCUT2D eigenvalue weighted by Gasteiger charge is -2.23. The highest BCUT2D eigenvalue weighted by molar-refractivity contribution is 5.97. The molecule has 7 heteroatoms. The third-order valence-corrected chi connectivity index (χ3v) is 6.35. The minimum absolute atomic E-state index is 0.0625. The zero-order valence-electron chi connectivity index (χ0n) is 22.3. The molecule has 38 heavy (non-hydrogen) atoms. The van der Waals surface area contributed by atoms with Gasteiger partial charge in [-0.15, -0.1) is 0 Å². The second-order valence-electron chi connectivity index (χ2n) is 9.39. The summed E-state index contributed by atoms with van der Waals surface area (Å²) in [6, 6.07) is 27.4. The van der Waals surface area contributed by atoms with Gasteiger partial charge in [0, 0.05) is 18.7 Å². The summed E-state index contributed by atoms with van der Waals surface area (Å²) in [5.41, 5.74) is 5.61. The lowest BCUT2D eigenvalue weighted by atomic mass is 10.1. The Bertz CT molecular complexity index is 1350. The number of aromatic nitrogens is 2. The summed E-state index contributed by atoms with van der Waals surface area (Å²) in [7, 11) is 0. The standard InChI is InChI=1S/C31H35N5O2/c1-4-5-20-35(31(38)32-21-25-12-8-6-9-13-25)22-28(37)33-30-29(26-14-10-7-11-15-26)24(3)34-36(30)27-18-16-23(2)17-19-27/h6-19H,4-5,20-22H2,1-3H3,(H,32,38)(H,33,37). The van der Waals surface area contributed by atoms with Gasteiger partial charge in [0.05, 0.1) is 11.4 Å². The van der Waals surface area contributed by atoms with Gasteiger partial charge < -0.3 is 15.5 Å². The van der Waals surface area contributed by atoms with Crippen molar-refractivity contribution in [2.75, 3.05) is 18.4 Å². The molecule has 2 N–H and O–H groups in total. The van der Waals surface area contributed by atoms with Crippen LogP contribution in [0, 0.1) is 13.8 Å². The number of rotatable bonds is 10. The maximum Gasteiger partial charge on any atom is 0.318 e. The molecule has 0 aliphatic carbocycles. The third kappa shape index (κ3) is 6.68. The molecule has 196 valence electrons. The van der Waals surface area contributed by atoms with Crippen molar-refractivity contribution in [1.82, 2.24) is 20.0 Å². The molecule has 0 saturated heterocycles. The smallest absolute Gasteiger partial charge is 0.318 e. The molecule has 0 aliphatic heterocycles. The molecule has 0 aliphatic rings. The summed E-state index contributed by atoms with van der Waals surface area (Å²) in [5.74, 6) is 0.309. The van der Waals surface area contributed by atoms with Crippen LogP contribution in [0.2, 0.25) is 0 Å². The number of unbranched alkanes of at least 4 members (excludes halogenated alkanes) is 1. The van der Waals surface area contributed by atoms with Crippen LogP contribution in [0.25, 0.3) is 16.8 Å². The van der Waals surface area contributed by atoms with Gasteiger partial charge in [-0.3, -0.25) is 4.79 Å². The zero-order valence-corrected chi connectivity index (χ0v) is 22.3. The van der Waals surface area contributed by atoms with Crippen LogP contribution in [0.1, 0.15) is 36.6 Å². The number of carbonyl (C=O) groups excluding carboxylic acids is 2. The van der Waals surface area contributed by atoms with Crippen LogP contribution < -0.4 is 10.6 Å². The molecule has 0 radical (unpaired) electrons. The van der Waals surface area contributed by atoms with Gasteiger partial charge in [-0.25, -0.2) is 9.48 Å². The lowest BCUT2D eigenvalue weighted by Crippen LogP contribution is -2.44. The van der Waals surface area contributed by atoms with Crippen molar-refractivity contribution in [3.63, 3.8) is 0 Å². The molecule has 0 fully saturated rings. The van der Waals surface area contributed by atoms with Gasteiger partial charge in [0.2, 0.25) is 5.91 Å². The first-order chi connectivity index (χ1) is 18.5. The van der Waals surface area contributed by atoms with E-state index < -0.39 is 0 Å². The summed E-state index contributed by atoms with van der Waals surface area (Å²) in [5, 5.41) is 10.8. The van der Waals surface area contributed by atoms with Crippen LogP contribution in [-0.4, -0.2) is 39.7 Å². The average Bonchev–Trinajstić information content (AvgIpc) is 3.26. The molecular weight excluding hydrogens is 474 g/mol. The minimum atomic E-state index is -0.276. The molecule has 3 amide bonds. The van der Waals surface area contributed by atoms with E-state index in [-0.39, 0.29) is 18.5 Å². The number of benzene rings is 3. The van der Waals surface area contributed by atoms with Gasteiger partial charge in [0.1, 0.15) is 12.4 Å². The summed E-state index contributed by atoms with van der Waals surface area (Å²) in [6.07, 6.45) is 1.73. The number of aryl methyl sites for hydroxylation is 2. The molecule has 4 rings (SSSR count). The first-order valence-electron chi connectivity index (χ1n) is 13.0. The van der Waals surface area contributed by atoms with E-state index in [9.17, 15) is 9.59 Å². The molecule has 0 bridgehead atoms. The van der Waals surface area contributed by atoms with Crippen molar-refractivity contribution in [2.24, 2.45) is 0 Å². The molecule has 7 nitrogen and oxygen atoms in total. The highest BCUT2D eigenvalue weighted by Crippen LogP contribution is 2.33. The number of hydrogen-bond donors (Lipinski definition) is 2. The van der Waals surface area contributed by atoms with E-state index in [2.05, 4.69) is 17.6 Å². The predicted octanol–water partition coefficient (Wildman–Crippen LogP) is 6.11. The Balaban J connectivity index is 1.58. The van der Waals surface area contributed by atoms with Crippen molar-refractivity contribution in [3.8, 4) is 16.8 Å². The van der Waals surface area contributed by atoms with E-state index in [0.29, 0.717) is 18.9 Å². The van der Waals surface area contributed by atoms with E-state index in [4.69, 9.17) is 5.10 Å². The Kier molecular flexibility index (Phi) is 8.93. The normalized spacial score (nSPS) is 10.7. The molecule has 0 unspecified atom stereocenters. The number of anilines is 1. The Hall–Kier alpha value is -4.39. The predicted molar refractivity (Wildman–Crippen MR) is 152 cm³/mol. The van der Waals surface area contributed by atoms with Crippen molar-refractivity contribution in [3.05, 3.63) is 102 Å². The molecule has 0 saturated carbocycles. The van der Waals surface area contributed by atoms with Crippen LogP contribution in [0.3, 0.4) is 0 Å². The van der Waals surface area contributed by atoms with E-state index in [0.717, 1.165) is 46.5 Å². The van der Waals surface area contributed by atoms with Crippen LogP contribution in [0.5, 0.6) is 0 Å². The van der Waals surface area contributed by atoms with Gasteiger partial charge in [0.25, 0.3) is 0 Å². The largest absolute Gasteiger partial charge is 0.334 e. The number of hydrogen-bond acceptors (Lipinski definition) is 3. The number of carbonyl (C=O) groups is 2. The van der Waals surface area contributed by atoms with E-state index in [1.165, 1.54) is 0 Å². The van der Waals surface area contributed by atoms with Crippen LogP contribution >= 0.6 is 0 Å². The molecule has 4 aromatic rings. The molecule has 0 spiro atoms. The lowest BCUT2D eigenvalue weighted by molar-refractivity contribution is -0.116. The Labute approximate surface area is 224 Å². The van der Waals surface area contributed by atoms with Crippen LogP contribution in [0.15, 0.2) is 84.9 Å². The highest BCUT2D eigenvalue weighted by atomic mass is 16.2. The van der Waals surface area contributed by atoms with Gasteiger partial charge in [0.15, 0.2) is 0 Å². The molecule has 3 aromatic carbocycles. The van der Waals surface area contributed by atoms with Gasteiger partial charge in [-0.2, -0.15) is 5.10 Å². The average molecular weight is 510 g/mol. The van der Waals surface area contributed by atoms with Crippen LogP contribution in [-0.2, 0) is 11.3 Å². The Morgan fingerprint density at radius 2 is 1.55 bits per heavy atom. The second kappa shape index (κ2) is 12.7. The molecule has 0 atom stereocenters.